The van der Waals surface area contributed by atoms with E-state index in [0.29, 0.717) is 0 Å². The summed E-state index contributed by atoms with van der Waals surface area (Å²) in [5.41, 5.74) is 0. The van der Waals surface area contributed by atoms with Crippen LogP contribution in [0.1, 0.15) is 6.42 Å². The highest BCUT2D eigenvalue weighted by Gasteiger charge is 2.01. The van der Waals surface area contributed by atoms with Crippen molar-refractivity contribution in [2.45, 2.75) is 13.0 Å². The van der Waals surface area contributed by atoms with Crippen molar-refractivity contribution in [3.8, 4) is 0 Å². The number of aromatic nitrogens is 3. The Balaban J connectivity index is 1.81. The fraction of sp³-hybridized carbons (Fsp3) is 0.333. The summed E-state index contributed by atoms with van der Waals surface area (Å²) in [7, 11) is 2.06. The molecule has 0 aliphatic heterocycles. The maximum Gasteiger partial charge on any atom is 0.128 e. The maximum absolute atomic E-state index is 4.35. The Morgan fingerprint density at radius 1 is 1.41 bits per heavy atom. The highest BCUT2D eigenvalue weighted by molar-refractivity contribution is 9.10. The number of anilines is 1. The summed E-state index contributed by atoms with van der Waals surface area (Å²) in [6.07, 6.45) is 8.53. The van der Waals surface area contributed by atoms with E-state index in [1.165, 1.54) is 0 Å². The summed E-state index contributed by atoms with van der Waals surface area (Å²) in [4.78, 5) is 10.5. The van der Waals surface area contributed by atoms with E-state index >= 15 is 0 Å². The van der Waals surface area contributed by atoms with Crippen LogP contribution in [0.3, 0.4) is 0 Å². The van der Waals surface area contributed by atoms with Crippen molar-refractivity contribution in [1.82, 2.24) is 14.5 Å². The molecule has 17 heavy (non-hydrogen) atoms. The second-order valence-corrected chi connectivity index (χ2v) is 4.83. The fourth-order valence-corrected chi connectivity index (χ4v) is 1.85. The van der Waals surface area contributed by atoms with Crippen LogP contribution in [0.5, 0.6) is 0 Å². The van der Waals surface area contributed by atoms with E-state index in [1.54, 1.807) is 6.20 Å². The molecule has 0 amide bonds. The zero-order valence-electron chi connectivity index (χ0n) is 9.75. The first-order valence-corrected chi connectivity index (χ1v) is 6.33. The van der Waals surface area contributed by atoms with Crippen molar-refractivity contribution >= 4 is 21.7 Å². The van der Waals surface area contributed by atoms with E-state index in [0.717, 1.165) is 29.8 Å². The first kappa shape index (κ1) is 12.1. The molecule has 0 atom stereocenters. The third-order valence-electron chi connectivity index (χ3n) is 2.57. The van der Waals surface area contributed by atoms with Crippen LogP contribution in [0.4, 0.5) is 5.82 Å². The molecule has 0 aliphatic carbocycles. The van der Waals surface area contributed by atoms with Crippen molar-refractivity contribution in [3.05, 3.63) is 41.5 Å². The Kier molecular flexibility index (Phi) is 4.14. The lowest BCUT2D eigenvalue weighted by atomic mass is 10.3. The molecule has 0 aliphatic rings. The molecule has 0 spiro atoms. The third-order valence-corrected chi connectivity index (χ3v) is 3.04. The monoisotopic (exact) mass is 294 g/mol. The first-order chi connectivity index (χ1) is 8.25. The Labute approximate surface area is 109 Å². The topological polar surface area (TPSA) is 34.0 Å². The Hall–Kier alpha value is -1.36. The van der Waals surface area contributed by atoms with Gasteiger partial charge in [-0.1, -0.05) is 0 Å². The van der Waals surface area contributed by atoms with Crippen LogP contribution >= 0.6 is 15.9 Å². The number of nitrogens with zero attached hydrogens (tertiary/aromatic N) is 4. The van der Waals surface area contributed by atoms with Crippen molar-refractivity contribution < 1.29 is 0 Å². The lowest BCUT2D eigenvalue weighted by molar-refractivity contribution is 0.635. The standard InChI is InChI=1S/C12H15BrN4/c1-16(12-4-3-11(13)9-15-12)6-2-7-17-8-5-14-10-17/h3-5,8-10H,2,6-7H2,1H3. The number of aryl methyl sites for hydroxylation is 1. The quantitative estimate of drug-likeness (QED) is 0.850. The van der Waals surface area contributed by atoms with E-state index in [1.807, 2.05) is 30.9 Å². The van der Waals surface area contributed by atoms with Gasteiger partial charge in [0.2, 0.25) is 0 Å². The minimum atomic E-state index is 0.979. The van der Waals surface area contributed by atoms with E-state index in [2.05, 4.69) is 42.4 Å². The molecule has 0 fully saturated rings. The summed E-state index contributed by atoms with van der Waals surface area (Å²) < 4.78 is 3.09. The third kappa shape index (κ3) is 3.56. The first-order valence-electron chi connectivity index (χ1n) is 5.54. The van der Waals surface area contributed by atoms with Gasteiger partial charge < -0.3 is 9.47 Å². The number of hydrogen-bond donors (Lipinski definition) is 0. The average molecular weight is 295 g/mol. The minimum absolute atomic E-state index is 0.979. The van der Waals surface area contributed by atoms with E-state index in [9.17, 15) is 0 Å². The number of rotatable bonds is 5. The van der Waals surface area contributed by atoms with Gasteiger partial charge in [0.15, 0.2) is 0 Å². The van der Waals surface area contributed by atoms with E-state index in [-0.39, 0.29) is 0 Å². The summed E-state index contributed by atoms with van der Waals surface area (Å²) in [5.74, 6) is 0.999. The molecule has 2 aromatic rings. The molecular weight excluding hydrogens is 280 g/mol. The molecule has 0 saturated carbocycles. The van der Waals surface area contributed by atoms with Crippen LogP contribution in [-0.4, -0.2) is 28.1 Å². The van der Waals surface area contributed by atoms with Crippen LogP contribution in [0.25, 0.3) is 0 Å². The van der Waals surface area contributed by atoms with Gasteiger partial charge in [-0.3, -0.25) is 0 Å². The van der Waals surface area contributed by atoms with E-state index in [4.69, 9.17) is 0 Å². The van der Waals surface area contributed by atoms with Crippen LogP contribution in [0.2, 0.25) is 0 Å². The molecule has 0 aromatic carbocycles. The highest BCUT2D eigenvalue weighted by atomic mass is 79.9. The van der Waals surface area contributed by atoms with Gasteiger partial charge in [0.1, 0.15) is 5.82 Å². The molecule has 5 heteroatoms. The van der Waals surface area contributed by atoms with Gasteiger partial charge in [0, 0.05) is 43.2 Å². The normalized spacial score (nSPS) is 10.5. The fourth-order valence-electron chi connectivity index (χ4n) is 1.62. The van der Waals surface area contributed by atoms with Crippen molar-refractivity contribution in [3.63, 3.8) is 0 Å². The Morgan fingerprint density at radius 3 is 2.94 bits per heavy atom. The molecular formula is C12H15BrN4. The number of imidazole rings is 1. The maximum atomic E-state index is 4.35. The second kappa shape index (κ2) is 5.82. The molecule has 2 rings (SSSR count). The SMILES string of the molecule is CN(CCCn1ccnc1)c1ccc(Br)cn1. The molecule has 2 aromatic heterocycles. The predicted molar refractivity (Wildman–Crippen MR) is 72.1 cm³/mol. The van der Waals surface area contributed by atoms with Gasteiger partial charge in [0.25, 0.3) is 0 Å². The summed E-state index contributed by atoms with van der Waals surface area (Å²) in [6, 6.07) is 4.02. The smallest absolute Gasteiger partial charge is 0.128 e. The van der Waals surface area contributed by atoms with Crippen LogP contribution in [0, 0.1) is 0 Å². The number of halogens is 1. The van der Waals surface area contributed by atoms with Crippen molar-refractivity contribution in [2.75, 3.05) is 18.5 Å². The molecule has 0 N–H and O–H groups in total. The second-order valence-electron chi connectivity index (χ2n) is 3.91. The molecule has 4 nitrogen and oxygen atoms in total. The summed E-state index contributed by atoms with van der Waals surface area (Å²) in [6.45, 7) is 1.97. The van der Waals surface area contributed by atoms with Gasteiger partial charge in [-0.15, -0.1) is 0 Å². The minimum Gasteiger partial charge on any atom is -0.360 e. The molecule has 0 bridgehead atoms. The van der Waals surface area contributed by atoms with Crippen molar-refractivity contribution in [2.24, 2.45) is 0 Å². The van der Waals surface area contributed by atoms with Gasteiger partial charge >= 0.3 is 0 Å². The van der Waals surface area contributed by atoms with E-state index < -0.39 is 0 Å². The lowest BCUT2D eigenvalue weighted by Gasteiger charge is -2.17. The summed E-state index contributed by atoms with van der Waals surface area (Å²) >= 11 is 3.38. The zero-order chi connectivity index (χ0) is 12.1. The van der Waals surface area contributed by atoms with Gasteiger partial charge in [-0.2, -0.15) is 0 Å². The molecule has 0 saturated heterocycles. The predicted octanol–water partition coefficient (Wildman–Crippen LogP) is 2.57. The molecule has 0 unspecified atom stereocenters. The van der Waals surface area contributed by atoms with Gasteiger partial charge in [-0.25, -0.2) is 9.97 Å². The van der Waals surface area contributed by atoms with Crippen LogP contribution < -0.4 is 4.90 Å². The highest BCUT2D eigenvalue weighted by Crippen LogP contribution is 2.13. The lowest BCUT2D eigenvalue weighted by Crippen LogP contribution is -2.20. The molecule has 0 radical (unpaired) electrons. The van der Waals surface area contributed by atoms with Crippen LogP contribution in [0.15, 0.2) is 41.5 Å². The Morgan fingerprint density at radius 2 is 2.29 bits per heavy atom. The van der Waals surface area contributed by atoms with Gasteiger partial charge in [-0.05, 0) is 34.5 Å². The number of hydrogen-bond acceptors (Lipinski definition) is 3. The Bertz CT molecular complexity index is 438. The largest absolute Gasteiger partial charge is 0.360 e. The van der Waals surface area contributed by atoms with Gasteiger partial charge in [0.05, 0.1) is 6.33 Å². The van der Waals surface area contributed by atoms with Crippen LogP contribution in [-0.2, 0) is 6.54 Å². The molecule has 90 valence electrons. The molecule has 2 heterocycles. The zero-order valence-corrected chi connectivity index (χ0v) is 11.3. The van der Waals surface area contributed by atoms with Crippen molar-refractivity contribution in [1.29, 1.82) is 0 Å². The average Bonchev–Trinajstić information content (AvgIpc) is 2.83. The summed E-state index contributed by atoms with van der Waals surface area (Å²) in [5, 5.41) is 0. The number of pyridine rings is 1.